The van der Waals surface area contributed by atoms with Crippen LogP contribution in [0.4, 0.5) is 5.69 Å². The second kappa shape index (κ2) is 6.64. The largest absolute Gasteiger partial charge is 0.441 e. The van der Waals surface area contributed by atoms with Gasteiger partial charge in [-0.15, -0.1) is 24.0 Å². The first-order chi connectivity index (χ1) is 11.0. The van der Waals surface area contributed by atoms with E-state index in [1.807, 2.05) is 42.5 Å². The van der Waals surface area contributed by atoms with Crippen LogP contribution in [0.25, 0.3) is 10.2 Å². The minimum atomic E-state index is 0.215. The lowest BCUT2D eigenvalue weighted by atomic mass is 10.2. The van der Waals surface area contributed by atoms with Gasteiger partial charge in [-0.25, -0.2) is 4.98 Å². The molecule has 3 aromatic rings. The van der Waals surface area contributed by atoms with Crippen molar-refractivity contribution >= 4 is 39.9 Å². The van der Waals surface area contributed by atoms with Gasteiger partial charge < -0.3 is 9.64 Å². The summed E-state index contributed by atoms with van der Waals surface area (Å²) >= 11 is 5.89. The molecule has 2 aromatic carbocycles. The molecule has 0 aliphatic heterocycles. The molecule has 0 aliphatic carbocycles. The molecule has 0 unspecified atom stereocenters. The zero-order valence-corrected chi connectivity index (χ0v) is 14.8. The Hall–Kier alpha value is -1.98. The van der Waals surface area contributed by atoms with Crippen LogP contribution in [0.15, 0.2) is 65.3 Å². The fourth-order valence-corrected chi connectivity index (χ4v) is 3.60. The molecule has 3 nitrogen and oxygen atoms in total. The van der Waals surface area contributed by atoms with E-state index in [2.05, 4.69) is 49.0 Å². The molecule has 0 aliphatic rings. The number of para-hydroxylation sites is 1. The van der Waals surface area contributed by atoms with Gasteiger partial charge in [0.1, 0.15) is 10.1 Å². The Bertz CT molecular complexity index is 827. The molecule has 5 heteroatoms. The summed E-state index contributed by atoms with van der Waals surface area (Å²) in [7, 11) is 0. The SMILES string of the molecule is C=C(Oc1ccccc1)N(c1ccc2nc(S)sc2c1)C(C)C. The molecule has 118 valence electrons. The minimum absolute atomic E-state index is 0.215. The molecule has 0 saturated carbocycles. The van der Waals surface area contributed by atoms with Crippen molar-refractivity contribution in [3.63, 3.8) is 0 Å². The first kappa shape index (κ1) is 15.9. The first-order valence-corrected chi connectivity index (χ1v) is 8.61. The molecule has 0 amide bonds. The second-order valence-corrected chi connectivity index (χ2v) is 7.18. The van der Waals surface area contributed by atoms with Gasteiger partial charge >= 0.3 is 0 Å². The van der Waals surface area contributed by atoms with Gasteiger partial charge in [0.15, 0.2) is 5.88 Å². The Labute approximate surface area is 145 Å². The van der Waals surface area contributed by atoms with E-state index >= 15 is 0 Å². The van der Waals surface area contributed by atoms with Gasteiger partial charge in [-0.2, -0.15) is 0 Å². The van der Waals surface area contributed by atoms with Crippen molar-refractivity contribution in [2.75, 3.05) is 4.90 Å². The molecule has 0 atom stereocenters. The van der Waals surface area contributed by atoms with Crippen LogP contribution in [0.2, 0.25) is 0 Å². The van der Waals surface area contributed by atoms with Gasteiger partial charge in [0.2, 0.25) is 0 Å². The molecular weight excluding hydrogens is 324 g/mol. The van der Waals surface area contributed by atoms with Crippen LogP contribution >= 0.6 is 24.0 Å². The maximum absolute atomic E-state index is 5.91. The lowest BCUT2D eigenvalue weighted by Crippen LogP contribution is -2.31. The van der Waals surface area contributed by atoms with E-state index in [1.165, 1.54) is 0 Å². The average Bonchev–Trinajstić information content (AvgIpc) is 2.87. The highest BCUT2D eigenvalue weighted by Crippen LogP contribution is 2.31. The van der Waals surface area contributed by atoms with Crippen molar-refractivity contribution < 1.29 is 4.74 Å². The molecule has 0 spiro atoms. The summed E-state index contributed by atoms with van der Waals surface area (Å²) in [5.74, 6) is 1.38. The van der Waals surface area contributed by atoms with Crippen LogP contribution in [0.5, 0.6) is 5.75 Å². The van der Waals surface area contributed by atoms with E-state index in [4.69, 9.17) is 4.74 Å². The standard InChI is InChI=1S/C18H18N2OS2/c1-12(2)20(13(3)21-15-7-5-4-6-8-15)14-9-10-16-17(11-14)23-18(22)19-16/h4-12H,3H2,1-2H3,(H,19,22). The number of thiol groups is 1. The quantitative estimate of drug-likeness (QED) is 0.500. The molecule has 23 heavy (non-hydrogen) atoms. The van der Waals surface area contributed by atoms with Gasteiger partial charge in [-0.3, -0.25) is 0 Å². The number of rotatable bonds is 5. The summed E-state index contributed by atoms with van der Waals surface area (Å²) < 4.78 is 7.79. The van der Waals surface area contributed by atoms with Crippen LogP contribution in [-0.4, -0.2) is 11.0 Å². The lowest BCUT2D eigenvalue weighted by Gasteiger charge is -2.30. The van der Waals surface area contributed by atoms with Gasteiger partial charge in [0.05, 0.1) is 10.2 Å². The Balaban J connectivity index is 1.91. The van der Waals surface area contributed by atoms with Gasteiger partial charge in [-0.1, -0.05) is 18.2 Å². The van der Waals surface area contributed by atoms with E-state index in [9.17, 15) is 0 Å². The number of fused-ring (bicyclic) bond motifs is 1. The van der Waals surface area contributed by atoms with Crippen LogP contribution in [0.1, 0.15) is 13.8 Å². The number of hydrogen-bond acceptors (Lipinski definition) is 5. The van der Waals surface area contributed by atoms with E-state index in [0.717, 1.165) is 26.0 Å². The third-order valence-electron chi connectivity index (χ3n) is 3.40. The van der Waals surface area contributed by atoms with E-state index in [1.54, 1.807) is 11.3 Å². The number of hydrogen-bond donors (Lipinski definition) is 1. The van der Waals surface area contributed by atoms with Crippen LogP contribution < -0.4 is 9.64 Å². The Morgan fingerprint density at radius 2 is 1.96 bits per heavy atom. The fraction of sp³-hybridized carbons (Fsp3) is 0.167. The Morgan fingerprint density at radius 1 is 1.22 bits per heavy atom. The minimum Gasteiger partial charge on any atom is -0.441 e. The molecule has 0 radical (unpaired) electrons. The normalized spacial score (nSPS) is 11.0. The third kappa shape index (κ3) is 3.51. The Morgan fingerprint density at radius 3 is 2.65 bits per heavy atom. The van der Waals surface area contributed by atoms with E-state index < -0.39 is 0 Å². The monoisotopic (exact) mass is 342 g/mol. The van der Waals surface area contributed by atoms with Crippen LogP contribution in [0.3, 0.4) is 0 Å². The molecule has 3 rings (SSSR count). The Kier molecular flexibility index (Phi) is 4.59. The number of nitrogens with zero attached hydrogens (tertiary/aromatic N) is 2. The molecule has 0 saturated heterocycles. The molecule has 1 aromatic heterocycles. The second-order valence-electron chi connectivity index (χ2n) is 5.42. The zero-order chi connectivity index (χ0) is 16.4. The fourth-order valence-electron chi connectivity index (χ4n) is 2.45. The average molecular weight is 342 g/mol. The van der Waals surface area contributed by atoms with Crippen LogP contribution in [-0.2, 0) is 0 Å². The zero-order valence-electron chi connectivity index (χ0n) is 13.1. The van der Waals surface area contributed by atoms with Gasteiger partial charge in [0, 0.05) is 11.7 Å². The third-order valence-corrected chi connectivity index (χ3v) is 4.60. The summed E-state index contributed by atoms with van der Waals surface area (Å²) in [5, 5.41) is 0. The summed E-state index contributed by atoms with van der Waals surface area (Å²) in [6, 6.07) is 16.1. The van der Waals surface area contributed by atoms with Crippen molar-refractivity contribution in [2.45, 2.75) is 24.2 Å². The van der Waals surface area contributed by atoms with Crippen molar-refractivity contribution in [3.8, 4) is 5.75 Å². The smallest absolute Gasteiger partial charge is 0.193 e. The number of aromatic nitrogens is 1. The van der Waals surface area contributed by atoms with E-state index in [0.29, 0.717) is 5.88 Å². The summed E-state index contributed by atoms with van der Waals surface area (Å²) in [4.78, 5) is 6.46. The van der Waals surface area contributed by atoms with Crippen molar-refractivity contribution in [1.82, 2.24) is 4.98 Å². The van der Waals surface area contributed by atoms with Crippen molar-refractivity contribution in [2.24, 2.45) is 0 Å². The van der Waals surface area contributed by atoms with Gasteiger partial charge in [-0.05, 0) is 50.8 Å². The lowest BCUT2D eigenvalue weighted by molar-refractivity contribution is 0.398. The maximum Gasteiger partial charge on any atom is 0.193 e. The molecular formula is C18H18N2OS2. The van der Waals surface area contributed by atoms with Crippen molar-refractivity contribution in [3.05, 3.63) is 61.0 Å². The molecule has 0 N–H and O–H groups in total. The molecule has 0 fully saturated rings. The van der Waals surface area contributed by atoms with E-state index in [-0.39, 0.29) is 6.04 Å². The van der Waals surface area contributed by atoms with Crippen molar-refractivity contribution in [1.29, 1.82) is 0 Å². The van der Waals surface area contributed by atoms with Crippen LogP contribution in [0, 0.1) is 0 Å². The molecule has 1 heterocycles. The maximum atomic E-state index is 5.91. The topological polar surface area (TPSA) is 25.4 Å². The highest BCUT2D eigenvalue weighted by molar-refractivity contribution is 7.82. The highest BCUT2D eigenvalue weighted by atomic mass is 32.2. The number of thiazole rings is 1. The summed E-state index contributed by atoms with van der Waals surface area (Å²) in [6.07, 6.45) is 0. The summed E-state index contributed by atoms with van der Waals surface area (Å²) in [5.41, 5.74) is 1.99. The number of ether oxygens (including phenoxy) is 1. The number of anilines is 1. The predicted octanol–water partition coefficient (Wildman–Crippen LogP) is 5.35. The first-order valence-electron chi connectivity index (χ1n) is 7.35. The molecule has 0 bridgehead atoms. The summed E-state index contributed by atoms with van der Waals surface area (Å²) in [6.45, 7) is 8.33. The predicted molar refractivity (Wildman–Crippen MR) is 101 cm³/mol. The van der Waals surface area contributed by atoms with Gasteiger partial charge in [0.25, 0.3) is 0 Å². The number of benzene rings is 2. The highest BCUT2D eigenvalue weighted by Gasteiger charge is 2.17.